The van der Waals surface area contributed by atoms with Crippen molar-refractivity contribution in [1.29, 1.82) is 0 Å². The van der Waals surface area contributed by atoms with E-state index in [2.05, 4.69) is 23.4 Å². The molecule has 0 aliphatic carbocycles. The van der Waals surface area contributed by atoms with E-state index < -0.39 is 29.7 Å². The fourth-order valence-electron chi connectivity index (χ4n) is 4.20. The molecule has 0 radical (unpaired) electrons. The Morgan fingerprint density at radius 2 is 1.92 bits per heavy atom. The summed E-state index contributed by atoms with van der Waals surface area (Å²) in [6.45, 7) is 1.37. The summed E-state index contributed by atoms with van der Waals surface area (Å²) in [4.78, 5) is 25.7. The van der Waals surface area contributed by atoms with Gasteiger partial charge in [-0.2, -0.15) is 13.2 Å². The lowest BCUT2D eigenvalue weighted by atomic mass is 9.93. The highest BCUT2D eigenvalue weighted by molar-refractivity contribution is 7.98. The average molecular weight is 544 g/mol. The van der Waals surface area contributed by atoms with E-state index in [4.69, 9.17) is 11.2 Å². The van der Waals surface area contributed by atoms with Gasteiger partial charge in [-0.1, -0.05) is 43.2 Å². The Morgan fingerprint density at radius 1 is 1.18 bits per heavy atom. The number of carbonyl (C=O) groups excluding carboxylic acids is 1. The molecule has 38 heavy (non-hydrogen) atoms. The summed E-state index contributed by atoms with van der Waals surface area (Å²) >= 11 is 1.72. The quantitative estimate of drug-likeness (QED) is 0.472. The smallest absolute Gasteiger partial charge is 0.388 e. The van der Waals surface area contributed by atoms with E-state index >= 15 is 0 Å². The van der Waals surface area contributed by atoms with E-state index in [1.54, 1.807) is 16.4 Å². The number of hydrogen-bond donors (Lipinski definition) is 2. The molecule has 0 saturated carbocycles. The molecule has 2 aromatic carbocycles. The van der Waals surface area contributed by atoms with Crippen LogP contribution >= 0.6 is 11.8 Å². The molecule has 0 spiro atoms. The van der Waals surface area contributed by atoms with Gasteiger partial charge in [-0.3, -0.25) is 19.3 Å². The van der Waals surface area contributed by atoms with Gasteiger partial charge in [-0.25, -0.2) is 0 Å². The molecule has 2 aliphatic rings. The normalized spacial score (nSPS) is 15.9. The van der Waals surface area contributed by atoms with Crippen molar-refractivity contribution in [1.82, 2.24) is 9.99 Å². The third-order valence-corrected chi connectivity index (χ3v) is 7.12. The molecule has 3 aromatic rings. The zero-order valence-electron chi connectivity index (χ0n) is 20.3. The SMILES string of the molecule is C#CCOc1cccc2c1[C@H](N1CNC(=O)c3c(O)c(=O)ccn31)c1ccccc1SC2.CCC(F)(F)F. The van der Waals surface area contributed by atoms with Gasteiger partial charge in [0.1, 0.15) is 25.1 Å². The minimum absolute atomic E-state index is 0.0956. The summed E-state index contributed by atoms with van der Waals surface area (Å²) in [7, 11) is 0. The molecule has 11 heteroatoms. The van der Waals surface area contributed by atoms with Crippen LogP contribution in [0.4, 0.5) is 13.2 Å². The molecule has 1 amide bonds. The maximum absolute atomic E-state index is 12.5. The predicted molar refractivity (Wildman–Crippen MR) is 138 cm³/mol. The monoisotopic (exact) mass is 543 g/mol. The minimum Gasteiger partial charge on any atom is -0.502 e. The largest absolute Gasteiger partial charge is 0.502 e. The second kappa shape index (κ2) is 11.1. The third-order valence-electron chi connectivity index (χ3n) is 5.98. The van der Waals surface area contributed by atoms with Gasteiger partial charge < -0.3 is 15.2 Å². The van der Waals surface area contributed by atoms with Gasteiger partial charge in [-0.05, 0) is 23.3 Å². The van der Waals surface area contributed by atoms with E-state index in [9.17, 15) is 27.9 Å². The summed E-state index contributed by atoms with van der Waals surface area (Å²) in [6.07, 6.45) is 2.28. The molecule has 3 heterocycles. The van der Waals surface area contributed by atoms with Crippen LogP contribution in [0.1, 0.15) is 46.6 Å². The first-order valence-corrected chi connectivity index (χ1v) is 12.6. The predicted octanol–water partition coefficient (Wildman–Crippen LogP) is 4.56. The fraction of sp³-hybridized carbons (Fsp3) is 0.259. The number of nitrogens with zero attached hydrogens (tertiary/aromatic N) is 2. The Labute approximate surface area is 221 Å². The first-order valence-electron chi connectivity index (χ1n) is 11.6. The maximum atomic E-state index is 12.5. The van der Waals surface area contributed by atoms with E-state index in [-0.39, 0.29) is 25.0 Å². The first kappa shape index (κ1) is 27.0. The maximum Gasteiger partial charge on any atom is 0.388 e. The number of carbonyl (C=O) groups is 1. The number of hydrogen-bond acceptors (Lipinski definition) is 6. The van der Waals surface area contributed by atoms with Gasteiger partial charge in [-0.15, -0.1) is 18.2 Å². The molecule has 0 fully saturated rings. The average Bonchev–Trinajstić information content (AvgIpc) is 3.07. The molecule has 0 saturated heterocycles. The Hall–Kier alpha value is -4.04. The lowest BCUT2D eigenvalue weighted by Gasteiger charge is -2.40. The number of thioether (sulfide) groups is 1. The van der Waals surface area contributed by atoms with Gasteiger partial charge >= 0.3 is 6.18 Å². The number of alkyl halides is 3. The highest BCUT2D eigenvalue weighted by Crippen LogP contribution is 2.45. The summed E-state index contributed by atoms with van der Waals surface area (Å²) in [5.74, 6) is 2.82. The topological polar surface area (TPSA) is 83.8 Å². The molecule has 0 unspecified atom stereocenters. The second-order valence-corrected chi connectivity index (χ2v) is 9.36. The number of amides is 1. The van der Waals surface area contributed by atoms with E-state index in [1.807, 2.05) is 35.3 Å². The standard InChI is InChI=1S/C24H19N3O4S.C3H5F3/c1-2-12-31-18-8-5-6-15-13-32-19-9-4-3-7-16(19)21(20(15)18)27-14-25-24(30)22-23(29)17(28)10-11-26(22)27;1-2-3(4,5)6/h1,3-11,21,29H,12-14H2,(H,25,30);2H2,1H3/t21-;/m1./s1. The number of rotatable bonds is 3. The molecule has 1 aromatic heterocycles. The Kier molecular flexibility index (Phi) is 7.92. The van der Waals surface area contributed by atoms with Gasteiger partial charge in [0.25, 0.3) is 5.91 Å². The third kappa shape index (κ3) is 5.45. The molecule has 198 valence electrons. The molecule has 7 nitrogen and oxygen atoms in total. The van der Waals surface area contributed by atoms with Crippen molar-refractivity contribution >= 4 is 17.7 Å². The molecule has 1 atom stereocenters. The number of pyridine rings is 1. The van der Waals surface area contributed by atoms with Crippen molar-refractivity contribution in [3.8, 4) is 23.8 Å². The molecule has 0 bridgehead atoms. The Bertz CT molecular complexity index is 1450. The van der Waals surface area contributed by atoms with Crippen LogP contribution in [0.25, 0.3) is 0 Å². The molecule has 5 rings (SSSR count). The van der Waals surface area contributed by atoms with Crippen LogP contribution in [-0.2, 0) is 5.75 Å². The van der Waals surface area contributed by atoms with Crippen LogP contribution in [0.15, 0.2) is 64.4 Å². The van der Waals surface area contributed by atoms with E-state index in [0.717, 1.165) is 34.3 Å². The summed E-state index contributed by atoms with van der Waals surface area (Å²) in [5.41, 5.74) is 2.33. The summed E-state index contributed by atoms with van der Waals surface area (Å²) < 4.78 is 39.8. The molecule has 2 aliphatic heterocycles. The van der Waals surface area contributed by atoms with E-state index in [1.165, 1.54) is 12.3 Å². The highest BCUT2D eigenvalue weighted by atomic mass is 32.2. The van der Waals surface area contributed by atoms with Crippen molar-refractivity contribution in [3.63, 3.8) is 0 Å². The number of halogens is 3. The highest BCUT2D eigenvalue weighted by Gasteiger charge is 2.36. The number of fused-ring (bicyclic) bond motifs is 3. The number of aromatic nitrogens is 1. The van der Waals surface area contributed by atoms with Gasteiger partial charge in [0.15, 0.2) is 11.4 Å². The van der Waals surface area contributed by atoms with E-state index in [0.29, 0.717) is 5.75 Å². The van der Waals surface area contributed by atoms with Crippen LogP contribution in [0.2, 0.25) is 0 Å². The Balaban J connectivity index is 0.000000505. The number of ether oxygens (including phenoxy) is 1. The van der Waals surface area contributed by atoms with Crippen LogP contribution < -0.4 is 20.5 Å². The number of benzene rings is 2. The van der Waals surface area contributed by atoms with Crippen molar-refractivity contribution in [3.05, 3.63) is 87.3 Å². The second-order valence-electron chi connectivity index (χ2n) is 8.34. The minimum atomic E-state index is -3.96. The van der Waals surface area contributed by atoms with Gasteiger partial charge in [0, 0.05) is 34.9 Å². The molecular formula is C27H24F3N3O4S. The van der Waals surface area contributed by atoms with Gasteiger partial charge in [0.05, 0.1) is 0 Å². The van der Waals surface area contributed by atoms with Crippen molar-refractivity contribution < 1.29 is 27.8 Å². The van der Waals surface area contributed by atoms with Crippen LogP contribution in [-0.4, -0.2) is 35.1 Å². The molecule has 2 N–H and O–H groups in total. The van der Waals surface area contributed by atoms with Crippen molar-refractivity contribution in [2.24, 2.45) is 0 Å². The zero-order valence-corrected chi connectivity index (χ0v) is 21.1. The Morgan fingerprint density at radius 3 is 2.63 bits per heavy atom. The summed E-state index contributed by atoms with van der Waals surface area (Å²) in [5, 5.41) is 15.1. The van der Waals surface area contributed by atoms with Crippen LogP contribution in [0, 0.1) is 12.3 Å². The van der Waals surface area contributed by atoms with Crippen LogP contribution in [0.3, 0.4) is 0 Å². The van der Waals surface area contributed by atoms with Gasteiger partial charge in [0.2, 0.25) is 5.43 Å². The first-order chi connectivity index (χ1) is 18.2. The fourth-order valence-corrected chi connectivity index (χ4v) is 5.28. The van der Waals surface area contributed by atoms with Crippen molar-refractivity contribution in [2.75, 3.05) is 18.3 Å². The number of terminal acetylenes is 1. The number of aromatic hydroxyl groups is 1. The molecular weight excluding hydrogens is 519 g/mol. The summed E-state index contributed by atoms with van der Waals surface area (Å²) in [6, 6.07) is 14.8. The van der Waals surface area contributed by atoms with Crippen LogP contribution in [0.5, 0.6) is 11.5 Å². The lowest BCUT2D eigenvalue weighted by Crippen LogP contribution is -2.53. The number of nitrogens with one attached hydrogen (secondary N) is 1. The lowest BCUT2D eigenvalue weighted by molar-refractivity contribution is -0.130. The zero-order chi connectivity index (χ0) is 27.4. The van der Waals surface area contributed by atoms with Crippen molar-refractivity contribution in [2.45, 2.75) is 36.2 Å².